The summed E-state index contributed by atoms with van der Waals surface area (Å²) in [5, 5.41) is 0. The Balaban J connectivity index is -0.00000173. The number of esters is 3. The van der Waals surface area contributed by atoms with Gasteiger partial charge in [0, 0.05) is 43.4 Å². The van der Waals surface area contributed by atoms with Crippen molar-refractivity contribution >= 4 is 30.2 Å². The predicted molar refractivity (Wildman–Crippen MR) is 305 cm³/mol. The molecule has 0 saturated heterocycles. The van der Waals surface area contributed by atoms with Crippen LogP contribution in [0.25, 0.3) is 0 Å². The van der Waals surface area contributed by atoms with Gasteiger partial charge in [0.1, 0.15) is 11.9 Å². The van der Waals surface area contributed by atoms with Crippen molar-refractivity contribution in [2.75, 3.05) is 26.4 Å². The number of allylic oxidation sites excluding steroid dienone is 1. The van der Waals surface area contributed by atoms with Crippen molar-refractivity contribution in [1.82, 2.24) is 0 Å². The summed E-state index contributed by atoms with van der Waals surface area (Å²) < 4.78 is 28.1. The summed E-state index contributed by atoms with van der Waals surface area (Å²) in [7, 11) is 0. The molecule has 432 valence electrons. The van der Waals surface area contributed by atoms with Crippen molar-refractivity contribution in [3.05, 3.63) is 12.3 Å². The van der Waals surface area contributed by atoms with E-state index in [-0.39, 0.29) is 73.9 Å². The normalized spacial score (nSPS) is 13.4. The summed E-state index contributed by atoms with van der Waals surface area (Å²) in [5.74, 6) is 0.693. The van der Waals surface area contributed by atoms with Gasteiger partial charge in [-0.15, -0.1) is 0 Å². The van der Waals surface area contributed by atoms with E-state index in [0.717, 1.165) is 70.6 Å². The summed E-state index contributed by atoms with van der Waals surface area (Å²) in [4.78, 5) is 59.8. The van der Waals surface area contributed by atoms with Crippen LogP contribution in [0, 0.1) is 29.6 Å². The third-order valence-electron chi connectivity index (χ3n) is 14.3. The van der Waals surface area contributed by atoms with Crippen molar-refractivity contribution in [1.29, 1.82) is 0 Å². The molecule has 0 aromatic heterocycles. The topological polar surface area (TPSA) is 132 Å². The maximum absolute atomic E-state index is 13.0. The number of carbonyl (C=O) groups is 5. The van der Waals surface area contributed by atoms with Crippen molar-refractivity contribution < 1.29 is 47.7 Å². The van der Waals surface area contributed by atoms with Gasteiger partial charge in [-0.25, -0.2) is 0 Å². The van der Waals surface area contributed by atoms with Crippen LogP contribution in [0.2, 0.25) is 0 Å². The molecule has 10 heteroatoms. The van der Waals surface area contributed by atoms with Gasteiger partial charge in [-0.05, 0) is 56.8 Å². The maximum Gasteiger partial charge on any atom is 0.306 e. The molecule has 0 heterocycles. The lowest BCUT2D eigenvalue weighted by atomic mass is 9.87. The highest BCUT2D eigenvalue weighted by Crippen LogP contribution is 2.26. The molecule has 0 aromatic rings. The third-order valence-corrected chi connectivity index (χ3v) is 14.3. The summed E-state index contributed by atoms with van der Waals surface area (Å²) in [6, 6.07) is 0. The number of rotatable bonds is 50. The van der Waals surface area contributed by atoms with E-state index in [0.29, 0.717) is 62.6 Å². The van der Waals surface area contributed by atoms with Gasteiger partial charge in [0.2, 0.25) is 0 Å². The zero-order valence-electron chi connectivity index (χ0n) is 49.9. The second-order valence-electron chi connectivity index (χ2n) is 21.2. The van der Waals surface area contributed by atoms with Crippen LogP contribution in [0.5, 0.6) is 0 Å². The molecule has 0 saturated carbocycles. The second kappa shape index (κ2) is 56.8. The van der Waals surface area contributed by atoms with Crippen molar-refractivity contribution in [2.45, 2.75) is 307 Å². The first kappa shape index (κ1) is 74.3. The Morgan fingerprint density at radius 2 is 0.863 bits per heavy atom. The van der Waals surface area contributed by atoms with E-state index in [4.69, 9.17) is 23.7 Å². The molecule has 0 amide bonds. The van der Waals surface area contributed by atoms with Gasteiger partial charge in [-0.1, -0.05) is 230 Å². The van der Waals surface area contributed by atoms with E-state index in [1.54, 1.807) is 0 Å². The Kier molecular flexibility index (Phi) is 57.8. The number of carbonyl (C=O) groups excluding carboxylic acids is 5. The molecule has 0 aliphatic carbocycles. The van der Waals surface area contributed by atoms with E-state index in [2.05, 4.69) is 62.0 Å². The first-order chi connectivity index (χ1) is 35.3. The lowest BCUT2D eigenvalue weighted by Crippen LogP contribution is -2.28. The molecule has 0 fully saturated rings. The number of hydrogen-bond acceptors (Lipinski definition) is 10. The van der Waals surface area contributed by atoms with Gasteiger partial charge in [0.15, 0.2) is 0 Å². The minimum Gasteiger partial charge on any atom is -0.498 e. The number of ether oxygens (including phenoxy) is 5. The molecule has 0 radical (unpaired) electrons. The molecule has 0 aromatic carbocycles. The number of unbranched alkanes of at least 4 members (excludes halogenated alkanes) is 21. The average molecular weight is 1040 g/mol. The number of ketones is 1. The zero-order chi connectivity index (χ0) is 55.2. The van der Waals surface area contributed by atoms with Crippen LogP contribution in [0.15, 0.2) is 12.3 Å². The Labute approximate surface area is 451 Å². The van der Waals surface area contributed by atoms with Crippen molar-refractivity contribution in [3.63, 3.8) is 0 Å². The van der Waals surface area contributed by atoms with E-state index in [9.17, 15) is 24.0 Å². The average Bonchev–Trinajstić information content (AvgIpc) is 3.39. The molecule has 0 N–H and O–H groups in total. The molecular weight excluding hydrogens is 917 g/mol. The SMILES string of the molecule is C=C(CC(COC=O)COC(=O)CCCCCCCC)OCC(CC(CC)OC(=O)CC(CC)COC(=O)CCCCCCCC)C(C)CC.CCCCCCCCC.CCCCCCCCC(=O)C(C)CC. The second-order valence-corrected chi connectivity index (χ2v) is 21.2. The van der Waals surface area contributed by atoms with Crippen LogP contribution in [0.3, 0.4) is 0 Å². The highest BCUT2D eigenvalue weighted by molar-refractivity contribution is 5.80. The highest BCUT2D eigenvalue weighted by atomic mass is 16.6. The van der Waals surface area contributed by atoms with Gasteiger partial charge in [-0.2, -0.15) is 0 Å². The van der Waals surface area contributed by atoms with Crippen LogP contribution >= 0.6 is 0 Å². The molecule has 10 nitrogen and oxygen atoms in total. The monoisotopic (exact) mass is 1040 g/mol. The summed E-state index contributed by atoms with van der Waals surface area (Å²) in [5.41, 5.74) is 0. The first-order valence-electron chi connectivity index (χ1n) is 30.7. The lowest BCUT2D eigenvalue weighted by Gasteiger charge is -2.28. The molecule has 0 spiro atoms. The summed E-state index contributed by atoms with van der Waals surface area (Å²) in [6.07, 6.45) is 36.8. The standard InChI is InChI=1S/C41H74O9.C13H26O.C9H20/c1-8-13-15-17-19-21-23-39(43)48-29-35(11-4)26-41(45)50-38(12-5)27-37(33(6)10-3)31-47-34(7)25-36(28-46-32-42)30-49-40(44)24-22-20-18-16-14-9-2;1-4-6-7-8-9-10-11-13(14)12(3)5-2;1-3-5-7-9-8-6-4-2/h32-33,35-38H,7-31H2,1-6H3;12H,4-11H2,1-3H3;3-9H2,1-2H3. The molecule has 6 atom stereocenters. The quantitative estimate of drug-likeness (QED) is 0.0191. The largest absolute Gasteiger partial charge is 0.498 e. The van der Waals surface area contributed by atoms with Crippen LogP contribution in [0.1, 0.15) is 301 Å². The smallest absolute Gasteiger partial charge is 0.306 e. The Morgan fingerprint density at radius 3 is 1.26 bits per heavy atom. The molecule has 73 heavy (non-hydrogen) atoms. The molecule has 0 aliphatic rings. The minimum absolute atomic E-state index is 0.0727. The maximum atomic E-state index is 13.0. The fourth-order valence-electron chi connectivity index (χ4n) is 8.42. The zero-order valence-corrected chi connectivity index (χ0v) is 49.9. The van der Waals surface area contributed by atoms with Gasteiger partial charge < -0.3 is 23.7 Å². The number of Topliss-reactive ketones (excluding diaryl/α,β-unsaturated/α-hetero) is 1. The molecular formula is C63H120O10. The van der Waals surface area contributed by atoms with Gasteiger partial charge in [0.05, 0.1) is 38.6 Å². The Hall–Kier alpha value is -2.91. The van der Waals surface area contributed by atoms with E-state index in [1.807, 2.05) is 20.8 Å². The lowest BCUT2D eigenvalue weighted by molar-refractivity contribution is -0.154. The van der Waals surface area contributed by atoms with Crippen LogP contribution in [-0.4, -0.2) is 62.7 Å². The molecule has 0 aliphatic heterocycles. The van der Waals surface area contributed by atoms with Crippen LogP contribution in [-0.2, 0) is 47.7 Å². The first-order valence-corrected chi connectivity index (χ1v) is 30.7. The van der Waals surface area contributed by atoms with Crippen LogP contribution in [0.4, 0.5) is 0 Å². The fourth-order valence-corrected chi connectivity index (χ4v) is 8.42. The van der Waals surface area contributed by atoms with Gasteiger partial charge in [-0.3, -0.25) is 24.0 Å². The van der Waals surface area contributed by atoms with Crippen LogP contribution < -0.4 is 0 Å². The molecule has 0 bridgehead atoms. The molecule has 6 unspecified atom stereocenters. The third kappa shape index (κ3) is 51.0. The Bertz CT molecular complexity index is 1260. The number of hydrogen-bond donors (Lipinski definition) is 0. The van der Waals surface area contributed by atoms with E-state index >= 15 is 0 Å². The summed E-state index contributed by atoms with van der Waals surface area (Å²) in [6.45, 7) is 28.9. The van der Waals surface area contributed by atoms with E-state index in [1.165, 1.54) is 116 Å². The van der Waals surface area contributed by atoms with E-state index < -0.39 is 0 Å². The van der Waals surface area contributed by atoms with Gasteiger partial charge >= 0.3 is 17.9 Å². The predicted octanol–water partition coefficient (Wildman–Crippen LogP) is 18.2. The Morgan fingerprint density at radius 1 is 0.438 bits per heavy atom. The minimum atomic E-state index is -0.270. The van der Waals surface area contributed by atoms with Crippen molar-refractivity contribution in [3.8, 4) is 0 Å². The highest BCUT2D eigenvalue weighted by Gasteiger charge is 2.26. The van der Waals surface area contributed by atoms with Gasteiger partial charge in [0.25, 0.3) is 6.47 Å². The molecule has 0 rings (SSSR count). The summed E-state index contributed by atoms with van der Waals surface area (Å²) >= 11 is 0. The fraction of sp³-hybridized carbons (Fsp3) is 0.889. The van der Waals surface area contributed by atoms with Crippen molar-refractivity contribution in [2.24, 2.45) is 29.6 Å².